The van der Waals surface area contributed by atoms with E-state index in [0.717, 1.165) is 13.0 Å². The van der Waals surface area contributed by atoms with Crippen molar-refractivity contribution in [3.63, 3.8) is 0 Å². The quantitative estimate of drug-likeness (QED) is 0.415. The number of epoxide rings is 1. The fourth-order valence-corrected chi connectivity index (χ4v) is 0.801. The van der Waals surface area contributed by atoms with Crippen LogP contribution in [0.1, 0.15) is 26.2 Å². The Morgan fingerprint density at radius 3 is 2.89 bits per heavy atom. The lowest BCUT2D eigenvalue weighted by Gasteiger charge is -1.85. The number of hydrogen-bond donors (Lipinski definition) is 0. The zero-order valence-electron chi connectivity index (χ0n) is 5.97. The largest absolute Gasteiger partial charge is 0.373 e. The maximum atomic E-state index is 5.05. The summed E-state index contributed by atoms with van der Waals surface area (Å²) in [6, 6.07) is 0. The van der Waals surface area contributed by atoms with E-state index in [4.69, 9.17) is 4.74 Å². The summed E-state index contributed by atoms with van der Waals surface area (Å²) in [5.41, 5.74) is 0. The van der Waals surface area contributed by atoms with E-state index in [2.05, 4.69) is 19.1 Å². The maximum Gasteiger partial charge on any atom is 0.0812 e. The molecule has 1 heteroatoms. The molecule has 1 aliphatic heterocycles. The summed E-state index contributed by atoms with van der Waals surface area (Å²) in [7, 11) is 0. The average Bonchev–Trinajstić information content (AvgIpc) is 2.63. The summed E-state index contributed by atoms with van der Waals surface area (Å²) in [4.78, 5) is 0. The van der Waals surface area contributed by atoms with Gasteiger partial charge in [0.05, 0.1) is 12.7 Å². The summed E-state index contributed by atoms with van der Waals surface area (Å²) in [6.45, 7) is 3.16. The molecule has 1 atom stereocenters. The van der Waals surface area contributed by atoms with E-state index in [1.165, 1.54) is 12.8 Å². The van der Waals surface area contributed by atoms with Crippen molar-refractivity contribution in [2.45, 2.75) is 32.3 Å². The highest BCUT2D eigenvalue weighted by Gasteiger charge is 2.20. The highest BCUT2D eigenvalue weighted by Crippen LogP contribution is 2.15. The van der Waals surface area contributed by atoms with Crippen molar-refractivity contribution in [2.24, 2.45) is 0 Å². The van der Waals surface area contributed by atoms with Crippen LogP contribution in [0.4, 0.5) is 0 Å². The van der Waals surface area contributed by atoms with Crippen LogP contribution in [0.5, 0.6) is 0 Å². The molecule has 0 aromatic carbocycles. The zero-order chi connectivity index (χ0) is 6.53. The first-order chi connectivity index (χ1) is 4.43. The van der Waals surface area contributed by atoms with Gasteiger partial charge in [0.2, 0.25) is 0 Å². The smallest absolute Gasteiger partial charge is 0.0812 e. The van der Waals surface area contributed by atoms with Gasteiger partial charge in [-0.25, -0.2) is 0 Å². The minimum absolute atomic E-state index is 0.603. The molecular formula is C8H14O. The summed E-state index contributed by atoms with van der Waals surface area (Å²) >= 11 is 0. The summed E-state index contributed by atoms with van der Waals surface area (Å²) < 4.78 is 5.05. The lowest BCUT2D eigenvalue weighted by atomic mass is 10.2. The molecule has 0 aromatic heterocycles. The van der Waals surface area contributed by atoms with Crippen molar-refractivity contribution < 1.29 is 4.74 Å². The summed E-state index contributed by atoms with van der Waals surface area (Å²) in [6.07, 6.45) is 8.62. The molecule has 1 heterocycles. The van der Waals surface area contributed by atoms with Gasteiger partial charge in [-0.1, -0.05) is 19.1 Å². The number of rotatable bonds is 4. The fraction of sp³-hybridized carbons (Fsp3) is 0.750. The minimum atomic E-state index is 0.603. The normalized spacial score (nSPS) is 25.2. The Hall–Kier alpha value is -0.300. The number of allylic oxidation sites excluding steroid dienone is 2. The first kappa shape index (κ1) is 6.81. The second-order valence-corrected chi connectivity index (χ2v) is 2.41. The molecule has 1 fully saturated rings. The van der Waals surface area contributed by atoms with E-state index in [0.29, 0.717) is 6.10 Å². The fourth-order valence-electron chi connectivity index (χ4n) is 0.801. The highest BCUT2D eigenvalue weighted by molar-refractivity contribution is 4.82. The summed E-state index contributed by atoms with van der Waals surface area (Å²) in [5, 5.41) is 0. The second-order valence-electron chi connectivity index (χ2n) is 2.41. The molecule has 1 saturated heterocycles. The van der Waals surface area contributed by atoms with E-state index in [-0.39, 0.29) is 0 Å². The SMILES string of the molecule is CC/C=C/CCC1CO1. The Balaban J connectivity index is 1.85. The van der Waals surface area contributed by atoms with Crippen LogP contribution >= 0.6 is 0 Å². The predicted octanol–water partition coefficient (Wildman–Crippen LogP) is 2.13. The van der Waals surface area contributed by atoms with Gasteiger partial charge in [0, 0.05) is 0 Å². The molecule has 0 radical (unpaired) electrons. The monoisotopic (exact) mass is 126 g/mol. The molecule has 0 spiro atoms. The Kier molecular flexibility index (Phi) is 2.78. The average molecular weight is 126 g/mol. The highest BCUT2D eigenvalue weighted by atomic mass is 16.6. The Morgan fingerprint density at radius 2 is 2.33 bits per heavy atom. The summed E-state index contributed by atoms with van der Waals surface area (Å²) in [5.74, 6) is 0. The Bertz CT molecular complexity index is 92.7. The minimum Gasteiger partial charge on any atom is -0.373 e. The predicted molar refractivity (Wildman–Crippen MR) is 38.4 cm³/mol. The van der Waals surface area contributed by atoms with Gasteiger partial charge < -0.3 is 4.74 Å². The molecule has 1 aliphatic rings. The third kappa shape index (κ3) is 3.31. The van der Waals surface area contributed by atoms with E-state index < -0.39 is 0 Å². The molecule has 1 unspecified atom stereocenters. The molecule has 0 aliphatic carbocycles. The lowest BCUT2D eigenvalue weighted by Crippen LogP contribution is -1.80. The number of ether oxygens (including phenoxy) is 1. The van der Waals surface area contributed by atoms with Crippen molar-refractivity contribution in [1.29, 1.82) is 0 Å². The van der Waals surface area contributed by atoms with Gasteiger partial charge in [-0.2, -0.15) is 0 Å². The van der Waals surface area contributed by atoms with Gasteiger partial charge in [-0.3, -0.25) is 0 Å². The standard InChI is InChI=1S/C8H14O/c1-2-3-4-5-6-8-7-9-8/h3-4,8H,2,5-7H2,1H3/b4-3+. The van der Waals surface area contributed by atoms with Crippen LogP contribution in [0.25, 0.3) is 0 Å². The molecule has 1 rings (SSSR count). The Labute approximate surface area is 56.7 Å². The molecule has 0 N–H and O–H groups in total. The molecule has 9 heavy (non-hydrogen) atoms. The van der Waals surface area contributed by atoms with Crippen molar-refractivity contribution in [3.8, 4) is 0 Å². The van der Waals surface area contributed by atoms with Crippen molar-refractivity contribution in [2.75, 3.05) is 6.61 Å². The van der Waals surface area contributed by atoms with Crippen LogP contribution in [0.2, 0.25) is 0 Å². The first-order valence-corrected chi connectivity index (χ1v) is 3.70. The van der Waals surface area contributed by atoms with E-state index >= 15 is 0 Å². The van der Waals surface area contributed by atoms with Crippen LogP contribution in [-0.4, -0.2) is 12.7 Å². The molecule has 0 aromatic rings. The van der Waals surface area contributed by atoms with Gasteiger partial charge in [0.25, 0.3) is 0 Å². The molecule has 0 bridgehead atoms. The number of hydrogen-bond acceptors (Lipinski definition) is 1. The molecule has 0 saturated carbocycles. The van der Waals surface area contributed by atoms with Crippen molar-refractivity contribution in [1.82, 2.24) is 0 Å². The van der Waals surface area contributed by atoms with E-state index in [1.54, 1.807) is 0 Å². The van der Waals surface area contributed by atoms with Gasteiger partial charge in [-0.15, -0.1) is 0 Å². The van der Waals surface area contributed by atoms with Gasteiger partial charge in [0.1, 0.15) is 0 Å². The van der Waals surface area contributed by atoms with E-state index in [9.17, 15) is 0 Å². The third-order valence-electron chi connectivity index (χ3n) is 1.46. The third-order valence-corrected chi connectivity index (χ3v) is 1.46. The maximum absolute atomic E-state index is 5.05. The van der Waals surface area contributed by atoms with Crippen molar-refractivity contribution in [3.05, 3.63) is 12.2 Å². The van der Waals surface area contributed by atoms with Gasteiger partial charge in [-0.05, 0) is 19.3 Å². The lowest BCUT2D eigenvalue weighted by molar-refractivity contribution is 0.398. The van der Waals surface area contributed by atoms with Crippen LogP contribution in [-0.2, 0) is 4.74 Å². The molecule has 1 nitrogen and oxygen atoms in total. The first-order valence-electron chi connectivity index (χ1n) is 3.70. The van der Waals surface area contributed by atoms with Gasteiger partial charge in [0.15, 0.2) is 0 Å². The zero-order valence-corrected chi connectivity index (χ0v) is 5.97. The van der Waals surface area contributed by atoms with Crippen LogP contribution < -0.4 is 0 Å². The van der Waals surface area contributed by atoms with E-state index in [1.807, 2.05) is 0 Å². The molecule has 52 valence electrons. The van der Waals surface area contributed by atoms with Crippen LogP contribution in [0.3, 0.4) is 0 Å². The second kappa shape index (κ2) is 3.67. The molecule has 0 amide bonds. The van der Waals surface area contributed by atoms with Gasteiger partial charge >= 0.3 is 0 Å². The topological polar surface area (TPSA) is 12.5 Å². The van der Waals surface area contributed by atoms with Crippen LogP contribution in [0, 0.1) is 0 Å². The Morgan fingerprint density at radius 1 is 1.56 bits per heavy atom. The molecular weight excluding hydrogens is 112 g/mol. The van der Waals surface area contributed by atoms with Crippen LogP contribution in [0.15, 0.2) is 12.2 Å². The van der Waals surface area contributed by atoms with Crippen molar-refractivity contribution >= 4 is 0 Å².